The number of amides is 2. The highest BCUT2D eigenvalue weighted by Gasteiger charge is 2.32. The molecule has 1 aromatic carbocycles. The van der Waals surface area contributed by atoms with Gasteiger partial charge in [0.2, 0.25) is 5.75 Å². The van der Waals surface area contributed by atoms with E-state index in [2.05, 4.69) is 20.0 Å². The lowest BCUT2D eigenvalue weighted by atomic mass is 10.1. The molecule has 3 aromatic rings. The van der Waals surface area contributed by atoms with Gasteiger partial charge < -0.3 is 19.8 Å². The first-order chi connectivity index (χ1) is 14.8. The maximum Gasteiger partial charge on any atom is 0.296 e. The summed E-state index contributed by atoms with van der Waals surface area (Å²) in [7, 11) is 1.47. The van der Waals surface area contributed by atoms with Crippen molar-refractivity contribution in [1.29, 1.82) is 0 Å². The summed E-state index contributed by atoms with van der Waals surface area (Å²) in [5, 5.41) is 16.7. The summed E-state index contributed by atoms with van der Waals surface area (Å²) in [6.07, 6.45) is 3.03. The zero-order chi connectivity index (χ0) is 22.1. The van der Waals surface area contributed by atoms with Crippen LogP contribution in [-0.4, -0.2) is 49.6 Å². The minimum absolute atomic E-state index is 0.159. The standard InChI is InChI=1S/C20H18ClN5O5/c1-25-17(12-6-7-26(9-12)19(29)11-2-4-13(21)5-3-11)24-15(16(27)20(25)30)18(28)23-14-8-22-31-10-14/h2-5,8,10,12,27H,6-7,9H2,1H3,(H,23,28)/t12-/m1/s1. The van der Waals surface area contributed by atoms with Crippen molar-refractivity contribution in [3.63, 3.8) is 0 Å². The molecule has 1 saturated heterocycles. The number of hydrogen-bond donors (Lipinski definition) is 2. The molecule has 1 aliphatic rings. The van der Waals surface area contributed by atoms with E-state index in [-0.39, 0.29) is 17.5 Å². The molecule has 0 radical (unpaired) electrons. The smallest absolute Gasteiger partial charge is 0.296 e. The molecule has 0 bridgehead atoms. The van der Waals surface area contributed by atoms with E-state index in [1.54, 1.807) is 29.2 Å². The Labute approximate surface area is 181 Å². The van der Waals surface area contributed by atoms with Crippen molar-refractivity contribution < 1.29 is 19.2 Å². The van der Waals surface area contributed by atoms with Gasteiger partial charge in [0.05, 0.1) is 6.20 Å². The molecular weight excluding hydrogens is 426 g/mol. The first-order valence-electron chi connectivity index (χ1n) is 9.40. The topological polar surface area (TPSA) is 131 Å². The van der Waals surface area contributed by atoms with E-state index in [1.807, 2.05) is 0 Å². The lowest BCUT2D eigenvalue weighted by Crippen LogP contribution is -2.31. The summed E-state index contributed by atoms with van der Waals surface area (Å²) < 4.78 is 5.85. The zero-order valence-electron chi connectivity index (χ0n) is 16.4. The number of halogens is 1. The minimum atomic E-state index is -0.772. The number of nitrogens with one attached hydrogen (secondary N) is 1. The van der Waals surface area contributed by atoms with Crippen molar-refractivity contribution >= 4 is 29.1 Å². The number of benzene rings is 1. The summed E-state index contributed by atoms with van der Waals surface area (Å²) in [6, 6.07) is 6.60. The van der Waals surface area contributed by atoms with Crippen molar-refractivity contribution in [2.24, 2.45) is 7.05 Å². The predicted molar refractivity (Wildman–Crippen MR) is 110 cm³/mol. The summed E-state index contributed by atoms with van der Waals surface area (Å²) in [5.41, 5.74) is -0.384. The molecule has 0 saturated carbocycles. The molecule has 160 valence electrons. The average Bonchev–Trinajstić information content (AvgIpc) is 3.44. The molecule has 2 aromatic heterocycles. The molecule has 1 atom stereocenters. The lowest BCUT2D eigenvalue weighted by molar-refractivity contribution is 0.0790. The van der Waals surface area contributed by atoms with Crippen molar-refractivity contribution in [2.45, 2.75) is 12.3 Å². The number of aromatic hydroxyl groups is 1. The van der Waals surface area contributed by atoms with E-state index in [0.29, 0.717) is 35.9 Å². The third-order valence-electron chi connectivity index (χ3n) is 5.14. The molecule has 10 nitrogen and oxygen atoms in total. The Balaban J connectivity index is 1.58. The second kappa shape index (κ2) is 8.23. The van der Waals surface area contributed by atoms with Crippen molar-refractivity contribution in [2.75, 3.05) is 18.4 Å². The monoisotopic (exact) mass is 443 g/mol. The number of anilines is 1. The average molecular weight is 444 g/mol. The lowest BCUT2D eigenvalue weighted by Gasteiger charge is -2.18. The molecule has 1 fully saturated rings. The van der Waals surface area contributed by atoms with Gasteiger partial charge in [0.1, 0.15) is 17.8 Å². The maximum atomic E-state index is 12.8. The number of likely N-dealkylation sites (tertiary alicyclic amines) is 1. The Morgan fingerprint density at radius 1 is 1.29 bits per heavy atom. The van der Waals surface area contributed by atoms with Gasteiger partial charge in [-0.3, -0.25) is 19.0 Å². The molecule has 2 amide bonds. The van der Waals surface area contributed by atoms with Gasteiger partial charge >= 0.3 is 0 Å². The van der Waals surface area contributed by atoms with Gasteiger partial charge in [-0.05, 0) is 30.7 Å². The summed E-state index contributed by atoms with van der Waals surface area (Å²) in [4.78, 5) is 43.7. The van der Waals surface area contributed by atoms with E-state index >= 15 is 0 Å². The summed E-state index contributed by atoms with van der Waals surface area (Å²) in [5.74, 6) is -1.66. The van der Waals surface area contributed by atoms with Gasteiger partial charge in [-0.15, -0.1) is 0 Å². The number of carbonyl (C=O) groups is 2. The molecule has 31 heavy (non-hydrogen) atoms. The molecule has 4 rings (SSSR count). The van der Waals surface area contributed by atoms with Crippen LogP contribution in [0.25, 0.3) is 0 Å². The number of hydrogen-bond acceptors (Lipinski definition) is 7. The van der Waals surface area contributed by atoms with E-state index in [1.165, 1.54) is 24.1 Å². The second-order valence-electron chi connectivity index (χ2n) is 7.14. The largest absolute Gasteiger partial charge is 0.501 e. The molecule has 0 unspecified atom stereocenters. The van der Waals surface area contributed by atoms with E-state index in [9.17, 15) is 19.5 Å². The Kier molecular flexibility index (Phi) is 5.47. The highest BCUT2D eigenvalue weighted by molar-refractivity contribution is 6.30. The van der Waals surface area contributed by atoms with Crippen LogP contribution in [0.3, 0.4) is 0 Å². The third-order valence-corrected chi connectivity index (χ3v) is 5.39. The van der Waals surface area contributed by atoms with E-state index in [0.717, 1.165) is 0 Å². The molecule has 0 aliphatic carbocycles. The molecular formula is C20H18ClN5O5. The number of rotatable bonds is 4. The van der Waals surface area contributed by atoms with Crippen molar-refractivity contribution in [1.82, 2.24) is 19.6 Å². The van der Waals surface area contributed by atoms with Gasteiger partial charge in [0.15, 0.2) is 5.69 Å². The normalized spacial score (nSPS) is 15.8. The van der Waals surface area contributed by atoms with Gasteiger partial charge in [0.25, 0.3) is 17.4 Å². The number of nitrogens with zero attached hydrogens (tertiary/aromatic N) is 4. The van der Waals surface area contributed by atoms with Crippen LogP contribution < -0.4 is 10.9 Å². The van der Waals surface area contributed by atoms with Crippen LogP contribution >= 0.6 is 11.6 Å². The fourth-order valence-corrected chi connectivity index (χ4v) is 3.64. The number of carbonyl (C=O) groups excluding carboxylic acids is 2. The summed E-state index contributed by atoms with van der Waals surface area (Å²) >= 11 is 5.88. The van der Waals surface area contributed by atoms with Crippen LogP contribution in [-0.2, 0) is 7.05 Å². The van der Waals surface area contributed by atoms with Gasteiger partial charge in [-0.25, -0.2) is 4.98 Å². The predicted octanol–water partition coefficient (Wildman–Crippen LogP) is 2.01. The highest BCUT2D eigenvalue weighted by Crippen LogP contribution is 2.28. The SMILES string of the molecule is Cn1c([C@@H]2CCN(C(=O)c3ccc(Cl)cc3)C2)nc(C(=O)Nc2cnoc2)c(O)c1=O. The van der Waals surface area contributed by atoms with Crippen LogP contribution in [0, 0.1) is 0 Å². The number of aromatic nitrogens is 3. The zero-order valence-corrected chi connectivity index (χ0v) is 17.2. The Hall–Kier alpha value is -3.66. The van der Waals surface area contributed by atoms with Crippen molar-refractivity contribution in [3.05, 3.63) is 69.2 Å². The maximum absolute atomic E-state index is 12.8. The van der Waals surface area contributed by atoms with E-state index < -0.39 is 22.9 Å². The van der Waals surface area contributed by atoms with Crippen LogP contribution in [0.15, 0.2) is 46.0 Å². The van der Waals surface area contributed by atoms with Crippen LogP contribution in [0.5, 0.6) is 5.75 Å². The summed E-state index contributed by atoms with van der Waals surface area (Å²) in [6.45, 7) is 0.782. The Morgan fingerprint density at radius 2 is 2.03 bits per heavy atom. The molecule has 1 aliphatic heterocycles. The van der Waals surface area contributed by atoms with Gasteiger partial charge in [0, 0.05) is 36.6 Å². The van der Waals surface area contributed by atoms with Crippen LogP contribution in [0.2, 0.25) is 5.02 Å². The van der Waals surface area contributed by atoms with Crippen LogP contribution in [0.1, 0.15) is 39.0 Å². The van der Waals surface area contributed by atoms with Gasteiger partial charge in [-0.1, -0.05) is 16.8 Å². The van der Waals surface area contributed by atoms with Crippen LogP contribution in [0.4, 0.5) is 5.69 Å². The molecule has 11 heteroatoms. The molecule has 3 heterocycles. The fourth-order valence-electron chi connectivity index (χ4n) is 3.52. The molecule has 0 spiro atoms. The first kappa shape index (κ1) is 20.6. The second-order valence-corrected chi connectivity index (χ2v) is 7.58. The fraction of sp³-hybridized carbons (Fsp3) is 0.250. The Bertz CT molecular complexity index is 1190. The molecule has 2 N–H and O–H groups in total. The van der Waals surface area contributed by atoms with Crippen molar-refractivity contribution in [3.8, 4) is 5.75 Å². The highest BCUT2D eigenvalue weighted by atomic mass is 35.5. The Morgan fingerprint density at radius 3 is 2.71 bits per heavy atom. The third kappa shape index (κ3) is 4.02. The van der Waals surface area contributed by atoms with E-state index in [4.69, 9.17) is 11.6 Å². The first-order valence-corrected chi connectivity index (χ1v) is 9.78. The quantitative estimate of drug-likeness (QED) is 0.630. The minimum Gasteiger partial charge on any atom is -0.501 e. The van der Waals surface area contributed by atoms with Gasteiger partial charge in [-0.2, -0.15) is 0 Å².